The van der Waals surface area contributed by atoms with Crippen molar-refractivity contribution in [2.75, 3.05) is 7.11 Å². The maximum absolute atomic E-state index is 13.5. The van der Waals surface area contributed by atoms with Crippen LogP contribution in [0.15, 0.2) is 40.9 Å². The Balaban J connectivity index is 2.01. The molecule has 0 unspecified atom stereocenters. The van der Waals surface area contributed by atoms with E-state index in [2.05, 4.69) is 10.1 Å². The maximum Gasteiger partial charge on any atom is 0.417 e. The molecule has 3 rings (SSSR count). The van der Waals surface area contributed by atoms with Gasteiger partial charge in [-0.2, -0.15) is 18.7 Å². The van der Waals surface area contributed by atoms with Gasteiger partial charge in [0.2, 0.25) is 11.5 Å². The smallest absolute Gasteiger partial charge is 0.417 e. The lowest BCUT2D eigenvalue weighted by molar-refractivity contribution is -0.387. The number of amides is 1. The normalized spacial score (nSPS) is 11.7. The standard InChI is InChI=1S/C21H19F3N4O6/c1-20(2,3)16-10-15(34-26-16)18(29)27-33-14-9-13(25-19(32-4)17(14)28(30)31)11-7-5-6-8-12(11)21(22,23)24/h5-10H,1-4H3,(H,27,29). The minimum absolute atomic E-state index is 0.240. The first-order chi connectivity index (χ1) is 15.8. The Bertz CT molecular complexity index is 1230. The van der Waals surface area contributed by atoms with Crippen LogP contribution in [0, 0.1) is 10.1 Å². The Kier molecular flexibility index (Phi) is 6.48. The molecule has 0 saturated heterocycles. The van der Waals surface area contributed by atoms with Crippen molar-refractivity contribution >= 4 is 11.6 Å². The molecule has 0 aliphatic heterocycles. The number of benzene rings is 1. The third kappa shape index (κ3) is 5.08. The van der Waals surface area contributed by atoms with Crippen LogP contribution in [0.4, 0.5) is 18.9 Å². The number of halogens is 3. The van der Waals surface area contributed by atoms with Crippen LogP contribution < -0.4 is 15.1 Å². The Morgan fingerprint density at radius 3 is 2.41 bits per heavy atom. The van der Waals surface area contributed by atoms with Crippen molar-refractivity contribution in [3.05, 3.63) is 63.5 Å². The first-order valence-corrected chi connectivity index (χ1v) is 9.67. The second-order valence-electron chi connectivity index (χ2n) is 8.02. The Hall–Kier alpha value is -4.16. The fourth-order valence-corrected chi connectivity index (χ4v) is 2.86. The Morgan fingerprint density at radius 1 is 1.18 bits per heavy atom. The number of alkyl halides is 3. The van der Waals surface area contributed by atoms with Gasteiger partial charge in [0.05, 0.1) is 29.0 Å². The van der Waals surface area contributed by atoms with Gasteiger partial charge in [0.1, 0.15) is 0 Å². The van der Waals surface area contributed by atoms with Crippen molar-refractivity contribution < 1.29 is 37.0 Å². The molecular formula is C21H19F3N4O6. The van der Waals surface area contributed by atoms with E-state index >= 15 is 0 Å². The average molecular weight is 480 g/mol. The van der Waals surface area contributed by atoms with Crippen molar-refractivity contribution in [1.29, 1.82) is 0 Å². The van der Waals surface area contributed by atoms with Gasteiger partial charge in [-0.25, -0.2) is 4.98 Å². The summed E-state index contributed by atoms with van der Waals surface area (Å²) in [6, 6.07) is 6.78. The van der Waals surface area contributed by atoms with E-state index in [0.29, 0.717) is 5.69 Å². The summed E-state index contributed by atoms with van der Waals surface area (Å²) in [4.78, 5) is 32.0. The van der Waals surface area contributed by atoms with E-state index in [9.17, 15) is 28.1 Å². The first-order valence-electron chi connectivity index (χ1n) is 9.67. The highest BCUT2D eigenvalue weighted by atomic mass is 19.4. The molecule has 180 valence electrons. The molecule has 2 aromatic heterocycles. The summed E-state index contributed by atoms with van der Waals surface area (Å²) < 4.78 is 50.3. The van der Waals surface area contributed by atoms with Gasteiger partial charge in [-0.15, -0.1) is 0 Å². The van der Waals surface area contributed by atoms with Gasteiger partial charge in [-0.05, 0) is 6.07 Å². The number of ether oxygens (including phenoxy) is 1. The molecular weight excluding hydrogens is 461 g/mol. The van der Waals surface area contributed by atoms with Gasteiger partial charge in [0.15, 0.2) is 0 Å². The van der Waals surface area contributed by atoms with Crippen LogP contribution in [-0.2, 0) is 11.6 Å². The van der Waals surface area contributed by atoms with Crippen molar-refractivity contribution in [3.8, 4) is 22.9 Å². The molecule has 3 aromatic rings. The number of carbonyl (C=O) groups is 1. The quantitative estimate of drug-likeness (QED) is 0.397. The number of carbonyl (C=O) groups excluding carboxylic acids is 1. The predicted molar refractivity (Wildman–Crippen MR) is 111 cm³/mol. The molecule has 0 fully saturated rings. The second-order valence-corrected chi connectivity index (χ2v) is 8.02. The van der Waals surface area contributed by atoms with Crippen molar-refractivity contribution in [1.82, 2.24) is 15.6 Å². The minimum Gasteiger partial charge on any atom is -0.476 e. The molecule has 0 spiro atoms. The SMILES string of the molecule is COc1nc(-c2ccccc2C(F)(F)F)cc(ONC(=O)c2cc(C(C)(C)C)no2)c1[N+](=O)[O-]. The van der Waals surface area contributed by atoms with E-state index < -0.39 is 45.3 Å². The lowest BCUT2D eigenvalue weighted by atomic mass is 9.92. The summed E-state index contributed by atoms with van der Waals surface area (Å²) in [5.41, 5.74) is -0.497. The summed E-state index contributed by atoms with van der Waals surface area (Å²) in [5, 5.41) is 15.4. The van der Waals surface area contributed by atoms with E-state index in [0.717, 1.165) is 25.3 Å². The zero-order valence-corrected chi connectivity index (χ0v) is 18.4. The van der Waals surface area contributed by atoms with Gasteiger partial charge >= 0.3 is 17.8 Å². The number of nitrogens with zero attached hydrogens (tertiary/aromatic N) is 3. The largest absolute Gasteiger partial charge is 0.476 e. The molecule has 13 heteroatoms. The molecule has 0 aliphatic rings. The number of hydrogen-bond donors (Lipinski definition) is 1. The maximum atomic E-state index is 13.5. The molecule has 0 aliphatic carbocycles. The molecule has 1 aromatic carbocycles. The van der Waals surface area contributed by atoms with Crippen molar-refractivity contribution in [2.45, 2.75) is 32.4 Å². The summed E-state index contributed by atoms with van der Waals surface area (Å²) in [5.74, 6) is -2.38. The molecule has 10 nitrogen and oxygen atoms in total. The summed E-state index contributed by atoms with van der Waals surface area (Å²) in [6.07, 6.45) is -4.72. The summed E-state index contributed by atoms with van der Waals surface area (Å²) in [7, 11) is 1.06. The number of aromatic nitrogens is 2. The number of nitro groups is 1. The number of methoxy groups -OCH3 is 1. The van der Waals surface area contributed by atoms with Crippen LogP contribution in [0.1, 0.15) is 42.6 Å². The van der Waals surface area contributed by atoms with Gasteiger partial charge in [0.25, 0.3) is 5.88 Å². The van der Waals surface area contributed by atoms with E-state index in [1.54, 1.807) is 0 Å². The second kappa shape index (κ2) is 9.00. The van der Waals surface area contributed by atoms with E-state index in [1.165, 1.54) is 18.2 Å². The number of rotatable bonds is 6. The molecule has 0 saturated carbocycles. The van der Waals surface area contributed by atoms with Crippen LogP contribution >= 0.6 is 0 Å². The third-order valence-corrected chi connectivity index (χ3v) is 4.57. The fraction of sp³-hybridized carbons (Fsp3) is 0.286. The summed E-state index contributed by atoms with van der Waals surface area (Å²) in [6.45, 7) is 5.53. The van der Waals surface area contributed by atoms with Crippen LogP contribution in [0.3, 0.4) is 0 Å². The van der Waals surface area contributed by atoms with Gasteiger partial charge in [0, 0.05) is 23.1 Å². The van der Waals surface area contributed by atoms with Gasteiger partial charge < -0.3 is 14.1 Å². The highest BCUT2D eigenvalue weighted by molar-refractivity contribution is 5.90. The lowest BCUT2D eigenvalue weighted by Crippen LogP contribution is -2.27. The van der Waals surface area contributed by atoms with E-state index in [1.807, 2.05) is 26.3 Å². The Morgan fingerprint density at radius 2 is 1.85 bits per heavy atom. The number of hydrogen-bond acceptors (Lipinski definition) is 8. The molecule has 2 heterocycles. The number of hydroxylamine groups is 1. The first kappa shape index (κ1) is 24.5. The topological polar surface area (TPSA) is 130 Å². The zero-order chi connectivity index (χ0) is 25.3. The Labute approximate surface area is 190 Å². The summed E-state index contributed by atoms with van der Waals surface area (Å²) >= 11 is 0. The molecule has 0 bridgehead atoms. The molecule has 0 atom stereocenters. The van der Waals surface area contributed by atoms with E-state index in [-0.39, 0.29) is 17.0 Å². The van der Waals surface area contributed by atoms with E-state index in [4.69, 9.17) is 14.1 Å². The molecule has 1 amide bonds. The van der Waals surface area contributed by atoms with Gasteiger partial charge in [-0.3, -0.25) is 14.9 Å². The third-order valence-electron chi connectivity index (χ3n) is 4.57. The van der Waals surface area contributed by atoms with Crippen molar-refractivity contribution in [3.63, 3.8) is 0 Å². The monoisotopic (exact) mass is 480 g/mol. The number of nitrogens with one attached hydrogen (secondary N) is 1. The van der Waals surface area contributed by atoms with Crippen LogP contribution in [0.5, 0.6) is 11.6 Å². The lowest BCUT2D eigenvalue weighted by Gasteiger charge is -2.14. The van der Waals surface area contributed by atoms with Crippen LogP contribution in [0.25, 0.3) is 11.3 Å². The van der Waals surface area contributed by atoms with Crippen LogP contribution in [-0.4, -0.2) is 28.1 Å². The fourth-order valence-electron chi connectivity index (χ4n) is 2.86. The highest BCUT2D eigenvalue weighted by Gasteiger charge is 2.35. The van der Waals surface area contributed by atoms with Crippen molar-refractivity contribution in [2.24, 2.45) is 0 Å². The number of pyridine rings is 1. The van der Waals surface area contributed by atoms with Gasteiger partial charge in [-0.1, -0.05) is 44.1 Å². The average Bonchev–Trinajstić information content (AvgIpc) is 3.27. The molecule has 0 radical (unpaired) electrons. The van der Waals surface area contributed by atoms with Crippen LogP contribution in [0.2, 0.25) is 0 Å². The molecule has 1 N–H and O–H groups in total. The molecule has 34 heavy (non-hydrogen) atoms. The predicted octanol–water partition coefficient (Wildman–Crippen LogP) is 4.69. The minimum atomic E-state index is -4.72. The zero-order valence-electron chi connectivity index (χ0n) is 18.4. The highest BCUT2D eigenvalue weighted by Crippen LogP contribution is 2.42.